The Labute approximate surface area is 149 Å². The predicted molar refractivity (Wildman–Crippen MR) is 95.7 cm³/mol. The highest BCUT2D eigenvalue weighted by molar-refractivity contribution is 6.35. The molecule has 0 spiro atoms. The molecule has 1 amide bonds. The summed E-state index contributed by atoms with van der Waals surface area (Å²) in [6.07, 6.45) is 3.89. The quantitative estimate of drug-likeness (QED) is 0.657. The summed E-state index contributed by atoms with van der Waals surface area (Å²) >= 11 is 6.13. The SMILES string of the molecule is Cc1c(CC(=O)NCCCn2ncc3c(Cl)cccc32)nc[nH]c1=O. The van der Waals surface area contributed by atoms with Gasteiger partial charge >= 0.3 is 0 Å². The molecule has 2 heterocycles. The molecule has 1 aromatic carbocycles. The molecule has 2 aromatic heterocycles. The molecule has 8 heteroatoms. The maximum atomic E-state index is 12.0. The first-order valence-corrected chi connectivity index (χ1v) is 8.34. The number of halogens is 1. The largest absolute Gasteiger partial charge is 0.356 e. The number of hydrogen-bond acceptors (Lipinski definition) is 4. The number of hydrogen-bond donors (Lipinski definition) is 2. The van der Waals surface area contributed by atoms with Crippen molar-refractivity contribution in [1.29, 1.82) is 0 Å². The lowest BCUT2D eigenvalue weighted by atomic mass is 10.2. The molecular formula is C17H18ClN5O2. The molecule has 0 bridgehead atoms. The smallest absolute Gasteiger partial charge is 0.253 e. The van der Waals surface area contributed by atoms with Gasteiger partial charge in [-0.15, -0.1) is 0 Å². The summed E-state index contributed by atoms with van der Waals surface area (Å²) in [7, 11) is 0. The number of nitrogens with zero attached hydrogens (tertiary/aromatic N) is 3. The standard InChI is InChI=1S/C17H18ClN5O2/c1-11-14(20-10-21-17(11)25)8-16(24)19-6-3-7-23-15-5-2-4-13(18)12(15)9-22-23/h2,4-5,9-10H,3,6-8H2,1H3,(H,19,24)(H,20,21,25). The molecule has 3 aromatic rings. The van der Waals surface area contributed by atoms with Crippen LogP contribution in [0.1, 0.15) is 17.7 Å². The summed E-state index contributed by atoms with van der Waals surface area (Å²) in [6.45, 7) is 2.85. The minimum absolute atomic E-state index is 0.0933. The number of carbonyl (C=O) groups is 1. The van der Waals surface area contributed by atoms with E-state index in [1.165, 1.54) is 6.33 Å². The van der Waals surface area contributed by atoms with E-state index in [1.807, 2.05) is 22.9 Å². The van der Waals surface area contributed by atoms with Crippen molar-refractivity contribution in [2.75, 3.05) is 6.54 Å². The van der Waals surface area contributed by atoms with Crippen molar-refractivity contribution in [3.8, 4) is 0 Å². The number of amides is 1. The average molecular weight is 360 g/mol. The normalized spacial score (nSPS) is 11.0. The Hall–Kier alpha value is -2.67. The number of aromatic amines is 1. The monoisotopic (exact) mass is 359 g/mol. The van der Waals surface area contributed by atoms with Gasteiger partial charge in [-0.1, -0.05) is 17.7 Å². The highest BCUT2D eigenvalue weighted by Gasteiger charge is 2.09. The lowest BCUT2D eigenvalue weighted by Gasteiger charge is -2.07. The van der Waals surface area contributed by atoms with E-state index in [9.17, 15) is 9.59 Å². The summed E-state index contributed by atoms with van der Waals surface area (Å²) in [5.41, 5.74) is 1.72. The minimum Gasteiger partial charge on any atom is -0.356 e. The number of benzene rings is 1. The van der Waals surface area contributed by atoms with Gasteiger partial charge in [0.2, 0.25) is 5.91 Å². The number of nitrogens with one attached hydrogen (secondary N) is 2. The van der Waals surface area contributed by atoms with Gasteiger partial charge in [0.15, 0.2) is 0 Å². The first kappa shape index (κ1) is 17.2. The van der Waals surface area contributed by atoms with E-state index in [0.29, 0.717) is 29.4 Å². The predicted octanol–water partition coefficient (Wildman–Crippen LogP) is 1.83. The lowest BCUT2D eigenvalue weighted by Crippen LogP contribution is -2.28. The van der Waals surface area contributed by atoms with E-state index in [2.05, 4.69) is 20.4 Å². The van der Waals surface area contributed by atoms with E-state index in [0.717, 1.165) is 17.3 Å². The molecule has 3 rings (SSSR count). The molecular weight excluding hydrogens is 342 g/mol. The van der Waals surface area contributed by atoms with Crippen LogP contribution in [0.15, 0.2) is 35.5 Å². The van der Waals surface area contributed by atoms with Crippen LogP contribution in [0, 0.1) is 6.92 Å². The maximum Gasteiger partial charge on any atom is 0.253 e. The molecule has 25 heavy (non-hydrogen) atoms. The van der Waals surface area contributed by atoms with E-state index in [-0.39, 0.29) is 17.9 Å². The summed E-state index contributed by atoms with van der Waals surface area (Å²) in [4.78, 5) is 30.0. The van der Waals surface area contributed by atoms with E-state index in [1.54, 1.807) is 13.1 Å². The van der Waals surface area contributed by atoms with E-state index < -0.39 is 0 Å². The first-order chi connectivity index (χ1) is 12.1. The van der Waals surface area contributed by atoms with Gasteiger partial charge in [-0.3, -0.25) is 14.3 Å². The lowest BCUT2D eigenvalue weighted by molar-refractivity contribution is -0.120. The van der Waals surface area contributed by atoms with Gasteiger partial charge in [0, 0.05) is 24.0 Å². The van der Waals surface area contributed by atoms with Crippen molar-refractivity contribution in [1.82, 2.24) is 25.1 Å². The van der Waals surface area contributed by atoms with Crippen LogP contribution in [0.4, 0.5) is 0 Å². The van der Waals surface area contributed by atoms with Gasteiger partial charge < -0.3 is 10.3 Å². The molecule has 0 fully saturated rings. The highest BCUT2D eigenvalue weighted by Crippen LogP contribution is 2.22. The minimum atomic E-state index is -0.220. The van der Waals surface area contributed by atoms with E-state index >= 15 is 0 Å². The zero-order valence-electron chi connectivity index (χ0n) is 13.8. The Kier molecular flexibility index (Phi) is 5.14. The van der Waals surface area contributed by atoms with Gasteiger partial charge in [0.1, 0.15) is 0 Å². The summed E-state index contributed by atoms with van der Waals surface area (Å²) in [5.74, 6) is -0.158. The van der Waals surface area contributed by atoms with Gasteiger partial charge in [0.25, 0.3) is 5.56 Å². The van der Waals surface area contributed by atoms with Crippen LogP contribution >= 0.6 is 11.6 Å². The Balaban J connectivity index is 1.51. The van der Waals surface area contributed by atoms with Crippen LogP contribution in [0.2, 0.25) is 5.02 Å². The van der Waals surface area contributed by atoms with Crippen molar-refractivity contribution in [2.24, 2.45) is 0 Å². The second-order valence-corrected chi connectivity index (χ2v) is 6.13. The summed E-state index contributed by atoms with van der Waals surface area (Å²) in [5, 5.41) is 8.77. The molecule has 0 radical (unpaired) electrons. The summed E-state index contributed by atoms with van der Waals surface area (Å²) < 4.78 is 1.87. The zero-order chi connectivity index (χ0) is 17.8. The number of H-pyrrole nitrogens is 1. The molecule has 0 unspecified atom stereocenters. The van der Waals surface area contributed by atoms with Crippen LogP contribution in [0.3, 0.4) is 0 Å². The van der Waals surface area contributed by atoms with E-state index in [4.69, 9.17) is 11.6 Å². The molecule has 7 nitrogen and oxygen atoms in total. The van der Waals surface area contributed by atoms with Gasteiger partial charge in [-0.05, 0) is 25.5 Å². The zero-order valence-corrected chi connectivity index (χ0v) is 14.5. The van der Waals surface area contributed by atoms with Crippen LogP contribution in [0.25, 0.3) is 10.9 Å². The average Bonchev–Trinajstić information content (AvgIpc) is 3.00. The second-order valence-electron chi connectivity index (χ2n) is 5.72. The van der Waals surface area contributed by atoms with Crippen LogP contribution in [0.5, 0.6) is 0 Å². The fourth-order valence-corrected chi connectivity index (χ4v) is 2.82. The summed E-state index contributed by atoms with van der Waals surface area (Å²) in [6, 6.07) is 5.69. The fraction of sp³-hybridized carbons (Fsp3) is 0.294. The van der Waals surface area contributed by atoms with Crippen molar-refractivity contribution >= 4 is 28.4 Å². The first-order valence-electron chi connectivity index (χ1n) is 7.96. The Morgan fingerprint density at radius 2 is 2.24 bits per heavy atom. The number of carbonyl (C=O) groups excluding carboxylic acids is 1. The molecule has 2 N–H and O–H groups in total. The van der Waals surface area contributed by atoms with Crippen molar-refractivity contribution < 1.29 is 4.79 Å². The number of rotatable bonds is 6. The Morgan fingerprint density at radius 3 is 3.08 bits per heavy atom. The fourth-order valence-electron chi connectivity index (χ4n) is 2.60. The van der Waals surface area contributed by atoms with Crippen molar-refractivity contribution in [3.63, 3.8) is 0 Å². The molecule has 130 valence electrons. The molecule has 0 saturated heterocycles. The molecule has 0 atom stereocenters. The molecule has 0 aliphatic heterocycles. The Morgan fingerprint density at radius 1 is 1.40 bits per heavy atom. The van der Waals surface area contributed by atoms with Crippen LogP contribution in [-0.4, -0.2) is 32.2 Å². The topological polar surface area (TPSA) is 92.7 Å². The maximum absolute atomic E-state index is 12.0. The van der Waals surface area contributed by atoms with Crippen molar-refractivity contribution in [2.45, 2.75) is 26.3 Å². The second kappa shape index (κ2) is 7.48. The van der Waals surface area contributed by atoms with Crippen LogP contribution < -0.4 is 10.9 Å². The van der Waals surface area contributed by atoms with Gasteiger partial charge in [0.05, 0.1) is 35.2 Å². The van der Waals surface area contributed by atoms with Gasteiger partial charge in [-0.25, -0.2) is 4.98 Å². The Bertz CT molecular complexity index is 963. The molecule has 0 aliphatic rings. The van der Waals surface area contributed by atoms with Gasteiger partial charge in [-0.2, -0.15) is 5.10 Å². The molecule has 0 aliphatic carbocycles. The molecule has 0 saturated carbocycles. The van der Waals surface area contributed by atoms with Crippen molar-refractivity contribution in [3.05, 3.63) is 57.4 Å². The third-order valence-electron chi connectivity index (χ3n) is 4.02. The highest BCUT2D eigenvalue weighted by atomic mass is 35.5. The third-order valence-corrected chi connectivity index (χ3v) is 4.35. The third kappa shape index (κ3) is 3.88. The number of aromatic nitrogens is 4. The number of aryl methyl sites for hydroxylation is 1. The number of fused-ring (bicyclic) bond motifs is 1. The van der Waals surface area contributed by atoms with Crippen LogP contribution in [-0.2, 0) is 17.8 Å².